The highest BCUT2D eigenvalue weighted by molar-refractivity contribution is 5.68. The Morgan fingerprint density at radius 3 is 2.62 bits per heavy atom. The Labute approximate surface area is 127 Å². The molecule has 0 spiro atoms. The molecule has 0 radical (unpaired) electrons. The molecule has 0 aliphatic carbocycles. The highest BCUT2D eigenvalue weighted by Crippen LogP contribution is 2.18. The van der Waals surface area contributed by atoms with Gasteiger partial charge < -0.3 is 4.98 Å². The van der Waals surface area contributed by atoms with Crippen LogP contribution in [0.3, 0.4) is 0 Å². The van der Waals surface area contributed by atoms with Crippen molar-refractivity contribution in [1.82, 2.24) is 9.97 Å². The van der Waals surface area contributed by atoms with Gasteiger partial charge in [0.15, 0.2) is 0 Å². The van der Waals surface area contributed by atoms with Gasteiger partial charge in [-0.1, -0.05) is 32.1 Å². The van der Waals surface area contributed by atoms with Gasteiger partial charge in [-0.2, -0.15) is 0 Å². The van der Waals surface area contributed by atoms with Crippen molar-refractivity contribution < 1.29 is 0 Å². The molecule has 1 N–H and O–H groups in total. The summed E-state index contributed by atoms with van der Waals surface area (Å²) in [4.78, 5) is 19.7. The molecule has 112 valence electrons. The number of allylic oxidation sites excluding steroid dienone is 3. The smallest absolute Gasteiger partial charge is 0.258 e. The summed E-state index contributed by atoms with van der Waals surface area (Å²) in [6, 6.07) is 0. The van der Waals surface area contributed by atoms with Crippen molar-refractivity contribution in [2.45, 2.75) is 53.4 Å². The number of nitrogens with one attached hydrogen (secondary N) is 1. The molecular formula is C18H24N2O. The van der Waals surface area contributed by atoms with Gasteiger partial charge in [-0.15, -0.1) is 11.8 Å². The van der Waals surface area contributed by atoms with Crippen LogP contribution in [0, 0.1) is 18.8 Å². The Bertz CT molecular complexity index is 654. The zero-order valence-electron chi connectivity index (χ0n) is 13.5. The Hall–Kier alpha value is -2.08. The number of nitrogens with zero attached hydrogens (tertiary/aromatic N) is 1. The van der Waals surface area contributed by atoms with Crippen LogP contribution in [0.2, 0.25) is 0 Å². The maximum absolute atomic E-state index is 12.3. The predicted molar refractivity (Wildman–Crippen MR) is 89.1 cm³/mol. The lowest BCUT2D eigenvalue weighted by atomic mass is 10.0. The molecule has 0 bridgehead atoms. The lowest BCUT2D eigenvalue weighted by Crippen LogP contribution is -2.18. The summed E-state index contributed by atoms with van der Waals surface area (Å²) < 4.78 is 0. The SMILES string of the molecule is C=C(C)/C=C(/CC)c1c(C)nc(CCC#CCC)[nH]c1=O. The van der Waals surface area contributed by atoms with Gasteiger partial charge in [0.2, 0.25) is 0 Å². The van der Waals surface area contributed by atoms with Crippen LogP contribution in [-0.4, -0.2) is 9.97 Å². The molecule has 3 nitrogen and oxygen atoms in total. The van der Waals surface area contributed by atoms with E-state index in [2.05, 4.69) is 28.4 Å². The monoisotopic (exact) mass is 284 g/mol. The number of aromatic nitrogens is 2. The van der Waals surface area contributed by atoms with E-state index in [1.165, 1.54) is 0 Å². The topological polar surface area (TPSA) is 45.8 Å². The van der Waals surface area contributed by atoms with Crippen LogP contribution in [0.15, 0.2) is 23.0 Å². The molecule has 0 atom stereocenters. The quantitative estimate of drug-likeness (QED) is 0.660. The Morgan fingerprint density at radius 2 is 2.10 bits per heavy atom. The fraction of sp³-hybridized carbons (Fsp3) is 0.444. The normalized spacial score (nSPS) is 11.0. The third-order valence-electron chi connectivity index (χ3n) is 3.06. The predicted octanol–water partition coefficient (Wildman–Crippen LogP) is 3.79. The number of aryl methyl sites for hydroxylation is 2. The van der Waals surface area contributed by atoms with Crippen molar-refractivity contribution in [3.05, 3.63) is 45.7 Å². The Balaban J connectivity index is 3.10. The highest BCUT2D eigenvalue weighted by atomic mass is 16.1. The summed E-state index contributed by atoms with van der Waals surface area (Å²) in [5, 5.41) is 0. The fourth-order valence-corrected chi connectivity index (χ4v) is 2.18. The maximum Gasteiger partial charge on any atom is 0.258 e. The van der Waals surface area contributed by atoms with Gasteiger partial charge in [0, 0.05) is 19.3 Å². The van der Waals surface area contributed by atoms with E-state index in [9.17, 15) is 4.79 Å². The minimum Gasteiger partial charge on any atom is -0.310 e. The maximum atomic E-state index is 12.3. The fourth-order valence-electron chi connectivity index (χ4n) is 2.18. The Kier molecular flexibility index (Phi) is 6.68. The lowest BCUT2D eigenvalue weighted by molar-refractivity contribution is 0.855. The molecule has 0 saturated carbocycles. The number of hydrogen-bond donors (Lipinski definition) is 1. The summed E-state index contributed by atoms with van der Waals surface area (Å²) in [7, 11) is 0. The lowest BCUT2D eigenvalue weighted by Gasteiger charge is -2.09. The van der Waals surface area contributed by atoms with Crippen LogP contribution in [0.5, 0.6) is 0 Å². The van der Waals surface area contributed by atoms with Gasteiger partial charge >= 0.3 is 0 Å². The standard InChI is InChI=1S/C18H24N2O/c1-6-8-9-10-11-16-19-14(5)17(18(21)20-16)15(7-2)12-13(3)4/h12H,3,6-7,10-11H2,1-2,4-5H3,(H,19,20,21)/b15-12-. The molecule has 0 aliphatic heterocycles. The van der Waals surface area contributed by atoms with Crippen LogP contribution < -0.4 is 5.56 Å². The van der Waals surface area contributed by atoms with E-state index in [0.29, 0.717) is 17.8 Å². The van der Waals surface area contributed by atoms with Gasteiger partial charge in [-0.05, 0) is 25.8 Å². The minimum absolute atomic E-state index is 0.0738. The number of aromatic amines is 1. The first-order valence-corrected chi connectivity index (χ1v) is 7.41. The van der Waals surface area contributed by atoms with Crippen molar-refractivity contribution in [3.63, 3.8) is 0 Å². The van der Waals surface area contributed by atoms with Crippen LogP contribution in [0.1, 0.15) is 57.1 Å². The first kappa shape index (κ1) is 17.0. The van der Waals surface area contributed by atoms with Crippen LogP contribution in [0.4, 0.5) is 0 Å². The molecule has 3 heteroatoms. The average molecular weight is 284 g/mol. The van der Waals surface area contributed by atoms with E-state index in [1.54, 1.807) is 0 Å². The van der Waals surface area contributed by atoms with Crippen LogP contribution in [-0.2, 0) is 6.42 Å². The molecule has 0 unspecified atom stereocenters. The van der Waals surface area contributed by atoms with Gasteiger partial charge in [0.1, 0.15) is 5.82 Å². The third-order valence-corrected chi connectivity index (χ3v) is 3.06. The van der Waals surface area contributed by atoms with Gasteiger partial charge in [0.25, 0.3) is 5.56 Å². The molecule has 0 fully saturated rings. The highest BCUT2D eigenvalue weighted by Gasteiger charge is 2.11. The number of H-pyrrole nitrogens is 1. The summed E-state index contributed by atoms with van der Waals surface area (Å²) in [5.41, 5.74) is 3.28. The molecule has 1 rings (SSSR count). The van der Waals surface area contributed by atoms with Crippen molar-refractivity contribution in [1.29, 1.82) is 0 Å². The van der Waals surface area contributed by atoms with Gasteiger partial charge in [0.05, 0.1) is 11.3 Å². The van der Waals surface area contributed by atoms with Crippen molar-refractivity contribution in [2.75, 3.05) is 0 Å². The second-order valence-electron chi connectivity index (χ2n) is 5.05. The molecule has 1 heterocycles. The van der Waals surface area contributed by atoms with E-state index in [1.807, 2.05) is 33.8 Å². The Morgan fingerprint density at radius 1 is 1.38 bits per heavy atom. The van der Waals surface area contributed by atoms with Crippen LogP contribution in [0.25, 0.3) is 5.57 Å². The second kappa shape index (κ2) is 8.26. The van der Waals surface area contributed by atoms with Crippen molar-refractivity contribution in [3.8, 4) is 11.8 Å². The average Bonchev–Trinajstić information content (AvgIpc) is 2.41. The molecule has 0 aliphatic rings. The largest absolute Gasteiger partial charge is 0.310 e. The molecule has 0 aromatic carbocycles. The second-order valence-corrected chi connectivity index (χ2v) is 5.05. The summed E-state index contributed by atoms with van der Waals surface area (Å²) in [5.74, 6) is 6.79. The zero-order valence-corrected chi connectivity index (χ0v) is 13.5. The molecule has 21 heavy (non-hydrogen) atoms. The van der Waals surface area contributed by atoms with E-state index < -0.39 is 0 Å². The molecule has 1 aromatic rings. The first-order valence-electron chi connectivity index (χ1n) is 7.41. The minimum atomic E-state index is -0.0738. The van der Waals surface area contributed by atoms with Crippen LogP contribution >= 0.6 is 0 Å². The third kappa shape index (κ3) is 5.07. The van der Waals surface area contributed by atoms with Crippen molar-refractivity contribution in [2.24, 2.45) is 0 Å². The number of rotatable bonds is 5. The summed E-state index contributed by atoms with van der Waals surface area (Å²) in [6.07, 6.45) is 4.98. The van der Waals surface area contributed by atoms with Gasteiger partial charge in [-0.3, -0.25) is 4.79 Å². The molecule has 0 amide bonds. The molecule has 1 aromatic heterocycles. The van der Waals surface area contributed by atoms with E-state index in [-0.39, 0.29) is 5.56 Å². The summed E-state index contributed by atoms with van der Waals surface area (Å²) in [6.45, 7) is 11.7. The van der Waals surface area contributed by atoms with Crippen molar-refractivity contribution >= 4 is 5.57 Å². The van der Waals surface area contributed by atoms with E-state index >= 15 is 0 Å². The molecular weight excluding hydrogens is 260 g/mol. The van der Waals surface area contributed by atoms with E-state index in [0.717, 1.165) is 36.1 Å². The van der Waals surface area contributed by atoms with Gasteiger partial charge in [-0.25, -0.2) is 4.98 Å². The van der Waals surface area contributed by atoms with E-state index in [4.69, 9.17) is 0 Å². The zero-order chi connectivity index (χ0) is 15.8. The first-order chi connectivity index (χ1) is 9.99. The molecule has 0 saturated heterocycles. The number of hydrogen-bond acceptors (Lipinski definition) is 2. The summed E-state index contributed by atoms with van der Waals surface area (Å²) >= 11 is 0.